The molecule has 2 aromatic rings. The first-order chi connectivity index (χ1) is 27.8. The molecule has 4 unspecified atom stereocenters. The average Bonchev–Trinajstić information content (AvgIpc) is 3.90. The Morgan fingerprint density at radius 3 is 1.93 bits per heavy atom. The topological polar surface area (TPSA) is 170 Å². The van der Waals surface area contributed by atoms with Crippen LogP contribution in [0.5, 0.6) is 0 Å². The number of nitrogens with zero attached hydrogens (tertiary/aromatic N) is 7. The van der Waals surface area contributed by atoms with Crippen LogP contribution in [0.25, 0.3) is 0 Å². The molecule has 0 radical (unpaired) electrons. The zero-order chi connectivity index (χ0) is 45.5. The summed E-state index contributed by atoms with van der Waals surface area (Å²) in [5.74, 6) is 2.15. The third-order valence-corrected chi connectivity index (χ3v) is 15.0. The Morgan fingerprint density at radius 2 is 1.39 bits per heavy atom. The summed E-state index contributed by atoms with van der Waals surface area (Å²) in [5.41, 5.74) is 3.84. The first kappa shape index (κ1) is 47.1. The molecule has 0 amide bonds. The number of amidine groups is 2. The zero-order valence-corrected chi connectivity index (χ0v) is 41.4. The summed E-state index contributed by atoms with van der Waals surface area (Å²) in [6.45, 7) is 36.8. The van der Waals surface area contributed by atoms with Gasteiger partial charge in [-0.2, -0.15) is 5.10 Å². The highest BCUT2D eigenvalue weighted by Crippen LogP contribution is 2.49. The van der Waals surface area contributed by atoms with Crippen LogP contribution in [0.3, 0.4) is 0 Å². The molecule has 2 aromatic heterocycles. The third kappa shape index (κ3) is 10.1. The summed E-state index contributed by atoms with van der Waals surface area (Å²) < 4.78 is 62.3. The molecule has 6 heterocycles. The fraction of sp³-hybridized carbons (Fsp3) is 0.733. The second kappa shape index (κ2) is 16.0. The van der Waals surface area contributed by atoms with Gasteiger partial charge in [-0.3, -0.25) is 14.7 Å². The van der Waals surface area contributed by atoms with Crippen LogP contribution in [-0.2, 0) is 26.6 Å². The Morgan fingerprint density at radius 1 is 0.787 bits per heavy atom. The highest BCUT2D eigenvalue weighted by Gasteiger charge is 2.49. The lowest BCUT2D eigenvalue weighted by Crippen LogP contribution is -2.48. The molecule has 16 heteroatoms. The number of aromatic nitrogens is 4. The number of hydrogen-bond acceptors (Lipinski definition) is 10. The van der Waals surface area contributed by atoms with Gasteiger partial charge in [-0.05, 0) is 51.7 Å². The van der Waals surface area contributed by atoms with Crippen molar-refractivity contribution in [2.75, 3.05) is 13.1 Å². The fourth-order valence-corrected chi connectivity index (χ4v) is 11.9. The number of nitrogens with one attached hydrogen (secondary N) is 3. The van der Waals surface area contributed by atoms with E-state index in [2.05, 4.69) is 145 Å². The van der Waals surface area contributed by atoms with Crippen LogP contribution >= 0.6 is 0 Å². The maximum absolute atomic E-state index is 14.0. The number of aliphatic imine (C=N–C) groups is 2. The van der Waals surface area contributed by atoms with E-state index in [0.717, 1.165) is 23.8 Å². The van der Waals surface area contributed by atoms with Crippen molar-refractivity contribution in [3.8, 4) is 0 Å². The Kier molecular flexibility index (Phi) is 12.4. The molecule has 2 fully saturated rings. The predicted octanol–water partition coefficient (Wildman–Crippen LogP) is 7.73. The van der Waals surface area contributed by atoms with Crippen molar-refractivity contribution < 1.29 is 16.8 Å². The lowest BCUT2D eigenvalue weighted by atomic mass is 9.68. The van der Waals surface area contributed by atoms with Gasteiger partial charge in [0, 0.05) is 85.9 Å². The van der Waals surface area contributed by atoms with E-state index in [0.29, 0.717) is 38.9 Å². The van der Waals surface area contributed by atoms with E-state index < -0.39 is 20.0 Å². The van der Waals surface area contributed by atoms with Crippen LogP contribution in [0.4, 0.5) is 0 Å². The van der Waals surface area contributed by atoms with E-state index >= 15 is 0 Å². The normalized spacial score (nSPS) is 23.6. The van der Waals surface area contributed by atoms with E-state index in [1.54, 1.807) is 16.9 Å². The van der Waals surface area contributed by atoms with Gasteiger partial charge in [0.15, 0.2) is 5.03 Å². The van der Waals surface area contributed by atoms with Crippen molar-refractivity contribution >= 4 is 31.7 Å². The van der Waals surface area contributed by atoms with Gasteiger partial charge in [-0.25, -0.2) is 31.3 Å². The number of fused-ring (bicyclic) bond motifs is 2. The van der Waals surface area contributed by atoms with Crippen LogP contribution < -0.4 is 9.44 Å². The molecule has 61 heavy (non-hydrogen) atoms. The molecule has 0 spiro atoms. The first-order valence-corrected chi connectivity index (χ1v) is 25.0. The van der Waals surface area contributed by atoms with Crippen LogP contribution in [0.1, 0.15) is 136 Å². The maximum atomic E-state index is 14.0. The zero-order valence-electron chi connectivity index (χ0n) is 39.7. The molecule has 4 aliphatic rings. The summed E-state index contributed by atoms with van der Waals surface area (Å²) in [4.78, 5) is 22.1. The average molecular weight is 883 g/mol. The molecule has 0 saturated carbocycles. The molecular formula is C45H74N10O4S2. The molecule has 0 bridgehead atoms. The summed E-state index contributed by atoms with van der Waals surface area (Å²) in [6.07, 6.45) is 7.39. The Hall–Kier alpha value is -3.34. The Balaban J connectivity index is 1.22. The van der Waals surface area contributed by atoms with E-state index in [-0.39, 0.29) is 67.3 Å². The van der Waals surface area contributed by atoms with Crippen molar-refractivity contribution in [3.63, 3.8) is 0 Å². The number of H-pyrrole nitrogens is 1. The molecule has 3 N–H and O–H groups in total. The molecule has 0 aliphatic carbocycles. The largest absolute Gasteiger partial charge is 0.334 e. The number of sulfonamides is 2. The smallest absolute Gasteiger partial charge is 0.274 e. The van der Waals surface area contributed by atoms with E-state index in [1.807, 2.05) is 0 Å². The summed E-state index contributed by atoms with van der Waals surface area (Å²) >= 11 is 0. The number of aryl methyl sites for hydroxylation is 1. The highest BCUT2D eigenvalue weighted by molar-refractivity contribution is 7.89. The fourth-order valence-electron chi connectivity index (χ4n) is 9.55. The van der Waals surface area contributed by atoms with E-state index in [1.165, 1.54) is 29.2 Å². The first-order valence-electron chi connectivity index (χ1n) is 22.0. The minimum Gasteiger partial charge on any atom is -0.334 e. The minimum atomic E-state index is -3.93. The van der Waals surface area contributed by atoms with E-state index in [9.17, 15) is 16.8 Å². The molecular weight excluding hydrogens is 809 g/mol. The number of rotatable bonds is 12. The van der Waals surface area contributed by atoms with Crippen molar-refractivity contribution in [3.05, 3.63) is 47.2 Å². The van der Waals surface area contributed by atoms with Crippen LogP contribution in [0.2, 0.25) is 0 Å². The lowest BCUT2D eigenvalue weighted by molar-refractivity contribution is 0.231. The monoisotopic (exact) mass is 883 g/mol. The SMILES string of the molecule is CC(C)C1=NC(C(C)(C)C)C(CC(C)(C)C)=C2CC(NS(=O)(=O)c3ccn(CCC(C)(C)C4N=C(C(C)(C)C)N5CC(NS(=O)(=O)c6ncc[nH]6)CC5=C4C(C)(C)C)n3)CN12. The molecule has 4 atom stereocenters. The predicted molar refractivity (Wildman–Crippen MR) is 244 cm³/mol. The van der Waals surface area contributed by atoms with Crippen molar-refractivity contribution in [1.29, 1.82) is 0 Å². The van der Waals surface area contributed by atoms with Crippen LogP contribution in [-0.4, -0.2) is 95.3 Å². The second-order valence-electron chi connectivity index (χ2n) is 23.2. The lowest BCUT2D eigenvalue weighted by Gasteiger charge is -2.46. The summed E-state index contributed by atoms with van der Waals surface area (Å²) in [6, 6.07) is 0.737. The van der Waals surface area contributed by atoms with Crippen LogP contribution in [0, 0.1) is 33.0 Å². The standard InChI is InChI=1S/C45H74N10O4S2/c1-28(2)38-48-36(43(9,10)11)31(25-41(3,4)5)32-23-29(26-54(32)38)51-60(56,57)34-17-21-53(50-34)22-18-45(15,16)37-35(42(6,7)8)33-24-30(27-55(33)39(49-37)44(12,13)14)52-61(58,59)40-46-19-20-47-40/h17,19-21,28-30,36-37,51-52H,18,22-27H2,1-16H3,(H,46,47). The van der Waals surface area contributed by atoms with E-state index in [4.69, 9.17) is 9.98 Å². The summed E-state index contributed by atoms with van der Waals surface area (Å²) in [5, 5.41) is 4.55. The van der Waals surface area contributed by atoms with Gasteiger partial charge < -0.3 is 14.8 Å². The number of aromatic amines is 1. The Bertz CT molecular complexity index is 2310. The Labute approximate surface area is 366 Å². The third-order valence-electron chi connectivity index (χ3n) is 12.2. The molecule has 0 aromatic carbocycles. The number of hydrogen-bond donors (Lipinski definition) is 3. The molecule has 14 nitrogen and oxygen atoms in total. The molecule has 340 valence electrons. The van der Waals surface area contributed by atoms with Crippen LogP contribution in [0.15, 0.2) is 67.4 Å². The molecule has 4 aliphatic heterocycles. The highest BCUT2D eigenvalue weighted by atomic mass is 32.2. The molecule has 2 saturated heterocycles. The van der Waals surface area contributed by atoms with Crippen molar-refractivity contribution in [2.24, 2.45) is 43.0 Å². The van der Waals surface area contributed by atoms with Crippen molar-refractivity contribution in [2.45, 2.75) is 177 Å². The van der Waals surface area contributed by atoms with Gasteiger partial charge in [-0.1, -0.05) is 111 Å². The van der Waals surface area contributed by atoms with Gasteiger partial charge in [0.25, 0.3) is 20.0 Å². The quantitative estimate of drug-likeness (QED) is 0.195. The molecule has 6 rings (SSSR count). The van der Waals surface area contributed by atoms with Gasteiger partial charge in [0.1, 0.15) is 11.7 Å². The second-order valence-corrected chi connectivity index (χ2v) is 26.4. The van der Waals surface area contributed by atoms with Gasteiger partial charge in [0.2, 0.25) is 5.16 Å². The van der Waals surface area contributed by atoms with Gasteiger partial charge >= 0.3 is 0 Å². The summed E-state index contributed by atoms with van der Waals surface area (Å²) in [7, 11) is -7.77. The maximum Gasteiger partial charge on any atom is 0.274 e. The van der Waals surface area contributed by atoms with Gasteiger partial charge in [-0.15, -0.1) is 0 Å². The number of imidazole rings is 1. The minimum absolute atomic E-state index is 0.0113. The van der Waals surface area contributed by atoms with Crippen molar-refractivity contribution in [1.82, 2.24) is 39.0 Å². The van der Waals surface area contributed by atoms with Gasteiger partial charge in [0.05, 0.1) is 12.1 Å².